The van der Waals surface area contributed by atoms with Gasteiger partial charge in [0, 0.05) is 30.4 Å². The van der Waals surface area contributed by atoms with Crippen LogP contribution in [-0.4, -0.2) is 74.8 Å². The van der Waals surface area contributed by atoms with Crippen molar-refractivity contribution < 1.29 is 51.7 Å². The number of nitrogens with one attached hydrogen (secondary N) is 2. The van der Waals surface area contributed by atoms with Gasteiger partial charge in [-0.2, -0.15) is 13.2 Å². The maximum absolute atomic E-state index is 14.0. The third kappa shape index (κ3) is 11.1. The summed E-state index contributed by atoms with van der Waals surface area (Å²) in [5.41, 5.74) is -3.37. The summed E-state index contributed by atoms with van der Waals surface area (Å²) in [7, 11) is 2.45. The molecule has 0 radical (unpaired) electrons. The Morgan fingerprint density at radius 3 is 2.38 bits per heavy atom. The van der Waals surface area contributed by atoms with Gasteiger partial charge in [-0.3, -0.25) is 10.1 Å². The average molecular weight is 702 g/mol. The van der Waals surface area contributed by atoms with E-state index in [-0.39, 0.29) is 42.5 Å². The molecule has 0 aromatic heterocycles. The highest BCUT2D eigenvalue weighted by molar-refractivity contribution is 6.00. The Morgan fingerprint density at radius 1 is 1.02 bits per heavy atom. The predicted octanol–water partition coefficient (Wildman–Crippen LogP) is 5.11. The topological polar surface area (TPSA) is 158 Å². The molecule has 1 heterocycles. The van der Waals surface area contributed by atoms with Crippen LogP contribution in [0.25, 0.3) is 0 Å². The second-order valence-electron chi connectivity index (χ2n) is 10.6. The minimum Gasteiger partial charge on any atom is -0.497 e. The van der Waals surface area contributed by atoms with E-state index in [1.165, 1.54) is 19.1 Å². The zero-order valence-corrected chi connectivity index (χ0v) is 27.4. The maximum atomic E-state index is 14.0. The Hall–Kier alpha value is -4.34. The third-order valence-corrected chi connectivity index (χ3v) is 7.23. The Labute approximate surface area is 281 Å². The Morgan fingerprint density at radius 2 is 1.71 bits per heavy atom. The normalized spacial score (nSPS) is 15.2. The van der Waals surface area contributed by atoms with Gasteiger partial charge in [0.25, 0.3) is 5.69 Å². The van der Waals surface area contributed by atoms with Crippen molar-refractivity contribution in [2.24, 2.45) is 0 Å². The molecule has 1 aliphatic heterocycles. The molecule has 2 atom stereocenters. The first-order chi connectivity index (χ1) is 22.4. The van der Waals surface area contributed by atoms with E-state index in [1.54, 1.807) is 31.4 Å². The van der Waals surface area contributed by atoms with Gasteiger partial charge in [0.05, 0.1) is 42.8 Å². The molecule has 0 saturated heterocycles. The number of unbranched alkanes of at least 4 members (excludes halogenated alkanes) is 3. The standard InChI is InChI=1S/C32H38F3N3O9.ClH/c1-20-26(27(21-10-8-11-22(16-21)38(42)43)28(30(40)45-3)29(37-20)32(33,34)35)31(41)46-15-7-5-4-6-14-36-18-23(39)19-47-25-13-9-12-24(17-25)44-2;/h8-13,16-17,23,27,36-37,39H,4-7,14-15,18-19H2,1-3H3;1H. The fourth-order valence-corrected chi connectivity index (χ4v) is 4.96. The zero-order valence-electron chi connectivity index (χ0n) is 26.6. The van der Waals surface area contributed by atoms with Gasteiger partial charge in [0.15, 0.2) is 0 Å². The molecule has 0 fully saturated rings. The number of carbonyl (C=O) groups is 2. The number of methoxy groups -OCH3 is 2. The van der Waals surface area contributed by atoms with E-state index in [0.717, 1.165) is 32.1 Å². The molecular formula is C32H39ClF3N3O9. The first-order valence-corrected chi connectivity index (χ1v) is 14.8. The number of halogens is 4. The molecule has 0 saturated carbocycles. The highest BCUT2D eigenvalue weighted by Crippen LogP contribution is 2.44. The molecule has 0 spiro atoms. The number of aliphatic hydroxyl groups excluding tert-OH is 1. The van der Waals surface area contributed by atoms with E-state index in [4.69, 9.17) is 14.2 Å². The summed E-state index contributed by atoms with van der Waals surface area (Å²) in [5, 5.41) is 26.8. The Bertz CT molecular complexity index is 1480. The first-order valence-electron chi connectivity index (χ1n) is 14.8. The van der Waals surface area contributed by atoms with Gasteiger partial charge in [-0.15, -0.1) is 12.4 Å². The lowest BCUT2D eigenvalue weighted by molar-refractivity contribution is -0.384. The van der Waals surface area contributed by atoms with Crippen molar-refractivity contribution in [3.05, 3.63) is 86.7 Å². The third-order valence-electron chi connectivity index (χ3n) is 7.23. The van der Waals surface area contributed by atoms with Crippen LogP contribution in [0, 0.1) is 10.1 Å². The van der Waals surface area contributed by atoms with E-state index >= 15 is 0 Å². The van der Waals surface area contributed by atoms with Crippen molar-refractivity contribution in [1.82, 2.24) is 10.6 Å². The van der Waals surface area contributed by atoms with Crippen molar-refractivity contribution in [3.8, 4) is 11.5 Å². The number of benzene rings is 2. The number of non-ortho nitro benzene ring substituents is 1. The number of rotatable bonds is 17. The molecule has 3 rings (SSSR count). The molecular weight excluding hydrogens is 663 g/mol. The number of aliphatic hydroxyl groups is 1. The van der Waals surface area contributed by atoms with Crippen LogP contribution in [0.3, 0.4) is 0 Å². The van der Waals surface area contributed by atoms with Crippen molar-refractivity contribution >= 4 is 30.0 Å². The second-order valence-corrected chi connectivity index (χ2v) is 10.6. The number of nitro benzene ring substituents is 1. The minimum atomic E-state index is -5.03. The number of nitrogens with zero attached hydrogens (tertiary/aromatic N) is 1. The first kappa shape index (κ1) is 39.8. The molecule has 2 unspecified atom stereocenters. The van der Waals surface area contributed by atoms with Gasteiger partial charge in [-0.1, -0.05) is 31.0 Å². The van der Waals surface area contributed by atoms with Crippen molar-refractivity contribution in [1.29, 1.82) is 0 Å². The van der Waals surface area contributed by atoms with E-state index in [9.17, 15) is 38.0 Å². The van der Waals surface area contributed by atoms with E-state index in [0.29, 0.717) is 37.4 Å². The van der Waals surface area contributed by atoms with E-state index < -0.39 is 52.0 Å². The van der Waals surface area contributed by atoms with Gasteiger partial charge in [0.2, 0.25) is 0 Å². The number of carbonyl (C=O) groups excluding carboxylic acids is 2. The Kier molecular flexibility index (Phi) is 15.7. The SMILES string of the molecule is COC(=O)C1=C(C(F)(F)F)NC(C)=C(C(=O)OCCCCCCNCC(O)COc2cccc(OC)c2)C1c1cccc([N+](=O)[O-])c1.Cl. The fraction of sp³-hybridized carbons (Fsp3) is 0.438. The van der Waals surface area contributed by atoms with Gasteiger partial charge >= 0.3 is 18.1 Å². The highest BCUT2D eigenvalue weighted by atomic mass is 35.5. The van der Waals surface area contributed by atoms with Crippen LogP contribution in [-0.2, 0) is 19.1 Å². The van der Waals surface area contributed by atoms with Crippen LogP contribution in [0.1, 0.15) is 44.1 Å². The van der Waals surface area contributed by atoms with Crippen LogP contribution in [0.5, 0.6) is 11.5 Å². The number of nitro groups is 1. The van der Waals surface area contributed by atoms with Crippen LogP contribution in [0.15, 0.2) is 71.1 Å². The summed E-state index contributed by atoms with van der Waals surface area (Å²) >= 11 is 0. The van der Waals surface area contributed by atoms with Gasteiger partial charge < -0.3 is 34.7 Å². The van der Waals surface area contributed by atoms with Gasteiger partial charge in [-0.25, -0.2) is 9.59 Å². The molecule has 264 valence electrons. The molecule has 2 aromatic rings. The summed E-state index contributed by atoms with van der Waals surface area (Å²) in [6, 6.07) is 11.7. The van der Waals surface area contributed by atoms with Crippen LogP contribution < -0.4 is 20.1 Å². The molecule has 16 heteroatoms. The molecule has 2 aromatic carbocycles. The maximum Gasteiger partial charge on any atom is 0.431 e. The number of dihydropyridines is 1. The van der Waals surface area contributed by atoms with Crippen LogP contribution in [0.4, 0.5) is 18.9 Å². The summed E-state index contributed by atoms with van der Waals surface area (Å²) in [6.07, 6.45) is -3.08. The highest BCUT2D eigenvalue weighted by Gasteiger charge is 2.47. The van der Waals surface area contributed by atoms with Gasteiger partial charge in [-0.05, 0) is 44.0 Å². The average Bonchev–Trinajstić information content (AvgIpc) is 3.05. The molecule has 0 amide bonds. The summed E-state index contributed by atoms with van der Waals surface area (Å²) in [6.45, 7) is 2.24. The fourth-order valence-electron chi connectivity index (χ4n) is 4.96. The lowest BCUT2D eigenvalue weighted by atomic mass is 9.80. The molecule has 12 nitrogen and oxygen atoms in total. The van der Waals surface area contributed by atoms with Crippen molar-refractivity contribution in [3.63, 3.8) is 0 Å². The van der Waals surface area contributed by atoms with E-state index in [2.05, 4.69) is 15.4 Å². The minimum absolute atomic E-state index is 0. The van der Waals surface area contributed by atoms with Crippen LogP contribution >= 0.6 is 12.4 Å². The monoisotopic (exact) mass is 701 g/mol. The number of hydrogen-bond donors (Lipinski definition) is 3. The largest absolute Gasteiger partial charge is 0.497 e. The lowest BCUT2D eigenvalue weighted by Crippen LogP contribution is -2.38. The quantitative estimate of drug-likeness (QED) is 0.0871. The van der Waals surface area contributed by atoms with E-state index in [1.807, 2.05) is 0 Å². The number of allylic oxidation sites excluding steroid dienone is 2. The molecule has 0 bridgehead atoms. The molecule has 48 heavy (non-hydrogen) atoms. The van der Waals surface area contributed by atoms with Crippen LogP contribution in [0.2, 0.25) is 0 Å². The summed E-state index contributed by atoms with van der Waals surface area (Å²) < 4.78 is 62.9. The lowest BCUT2D eigenvalue weighted by Gasteiger charge is -2.31. The predicted molar refractivity (Wildman–Crippen MR) is 171 cm³/mol. The van der Waals surface area contributed by atoms with Crippen molar-refractivity contribution in [2.45, 2.75) is 50.8 Å². The van der Waals surface area contributed by atoms with Crippen molar-refractivity contribution in [2.75, 3.05) is 40.5 Å². The molecule has 3 N–H and O–H groups in total. The summed E-state index contributed by atoms with van der Waals surface area (Å²) in [4.78, 5) is 36.6. The number of hydrogen-bond acceptors (Lipinski definition) is 11. The smallest absolute Gasteiger partial charge is 0.431 e. The zero-order chi connectivity index (χ0) is 34.6. The molecule has 1 aliphatic rings. The second kappa shape index (κ2) is 18.9. The number of alkyl halides is 3. The molecule has 0 aliphatic carbocycles. The number of esters is 2. The van der Waals surface area contributed by atoms with Gasteiger partial charge in [0.1, 0.15) is 29.9 Å². The number of ether oxygens (including phenoxy) is 4. The summed E-state index contributed by atoms with van der Waals surface area (Å²) in [5.74, 6) is -2.74. The Balaban J connectivity index is 0.00000800.